The number of aliphatic hydroxyl groups excluding tert-OH is 1. The smallest absolute Gasteiger partial charge is 0.219 e. The van der Waals surface area contributed by atoms with Crippen molar-refractivity contribution in [1.82, 2.24) is 4.98 Å². The van der Waals surface area contributed by atoms with Gasteiger partial charge in [0, 0.05) is 12.1 Å². The Kier molecular flexibility index (Phi) is 4.30. The van der Waals surface area contributed by atoms with E-state index in [4.69, 9.17) is 44.6 Å². The molecule has 3 nitrogen and oxygen atoms in total. The summed E-state index contributed by atoms with van der Waals surface area (Å²) >= 11 is 17.7. The van der Waals surface area contributed by atoms with E-state index in [0.29, 0.717) is 32.4 Å². The Morgan fingerprint density at radius 3 is 2.50 bits per heavy atom. The predicted octanol–water partition coefficient (Wildman–Crippen LogP) is 4.33. The number of aliphatic hydroxyl groups is 1. The van der Waals surface area contributed by atoms with E-state index in [1.807, 2.05) is 0 Å². The minimum Gasteiger partial charge on any atom is -0.437 e. The second-order valence-corrected chi connectivity index (χ2v) is 4.65. The summed E-state index contributed by atoms with van der Waals surface area (Å²) in [6, 6.07) is 8.07. The number of ether oxygens (including phenoxy) is 1. The highest BCUT2D eigenvalue weighted by Gasteiger charge is 2.09. The predicted molar refractivity (Wildman–Crippen MR) is 71.7 cm³/mol. The molecule has 0 saturated heterocycles. The summed E-state index contributed by atoms with van der Waals surface area (Å²) in [7, 11) is 0. The lowest BCUT2D eigenvalue weighted by atomic mass is 10.3. The summed E-state index contributed by atoms with van der Waals surface area (Å²) in [5.74, 6) is 0.676. The minimum absolute atomic E-state index is 0.160. The van der Waals surface area contributed by atoms with Gasteiger partial charge in [0.15, 0.2) is 0 Å². The van der Waals surface area contributed by atoms with Crippen LogP contribution < -0.4 is 4.74 Å². The highest BCUT2D eigenvalue weighted by molar-refractivity contribution is 6.43. The number of pyridine rings is 1. The molecule has 0 fully saturated rings. The second-order valence-electron chi connectivity index (χ2n) is 3.42. The maximum absolute atomic E-state index is 8.98. The molecule has 2 rings (SSSR count). The zero-order chi connectivity index (χ0) is 13.1. The molecular formula is C12H8Cl3NO2. The minimum atomic E-state index is -0.160. The number of rotatable bonds is 3. The van der Waals surface area contributed by atoms with Crippen LogP contribution in [0.4, 0.5) is 0 Å². The Morgan fingerprint density at radius 2 is 1.78 bits per heavy atom. The number of aromatic nitrogens is 1. The monoisotopic (exact) mass is 303 g/mol. The molecule has 94 valence electrons. The van der Waals surface area contributed by atoms with E-state index in [0.717, 1.165) is 0 Å². The van der Waals surface area contributed by atoms with Crippen molar-refractivity contribution in [1.29, 1.82) is 0 Å². The van der Waals surface area contributed by atoms with Crippen molar-refractivity contribution in [2.45, 2.75) is 6.61 Å². The van der Waals surface area contributed by atoms with Gasteiger partial charge in [-0.05, 0) is 12.1 Å². The lowest BCUT2D eigenvalue weighted by Crippen LogP contribution is -1.93. The van der Waals surface area contributed by atoms with Crippen LogP contribution in [-0.4, -0.2) is 10.1 Å². The van der Waals surface area contributed by atoms with Crippen molar-refractivity contribution < 1.29 is 9.84 Å². The number of benzene rings is 1. The lowest BCUT2D eigenvalue weighted by Gasteiger charge is -2.08. The van der Waals surface area contributed by atoms with E-state index in [1.54, 1.807) is 18.2 Å². The Labute approximate surface area is 119 Å². The quantitative estimate of drug-likeness (QED) is 0.858. The summed E-state index contributed by atoms with van der Waals surface area (Å²) in [6.07, 6.45) is 0. The van der Waals surface area contributed by atoms with Crippen LogP contribution in [0.5, 0.6) is 11.6 Å². The van der Waals surface area contributed by atoms with Crippen molar-refractivity contribution >= 4 is 34.8 Å². The van der Waals surface area contributed by atoms with Gasteiger partial charge in [-0.15, -0.1) is 0 Å². The normalized spacial score (nSPS) is 10.4. The standard InChI is InChI=1S/C12H8Cl3NO2/c13-8-4-10(15)11(5-9(8)14)18-12-3-1-2-7(6-17)16-12/h1-5,17H,6H2. The highest BCUT2D eigenvalue weighted by Crippen LogP contribution is 2.35. The first-order valence-corrected chi connectivity index (χ1v) is 6.12. The second kappa shape index (κ2) is 5.76. The molecular weight excluding hydrogens is 296 g/mol. The molecule has 18 heavy (non-hydrogen) atoms. The molecule has 0 saturated carbocycles. The topological polar surface area (TPSA) is 42.4 Å². The number of nitrogens with zero attached hydrogens (tertiary/aromatic N) is 1. The van der Waals surface area contributed by atoms with Crippen molar-refractivity contribution in [2.75, 3.05) is 0 Å². The van der Waals surface area contributed by atoms with Crippen molar-refractivity contribution in [2.24, 2.45) is 0 Å². The molecule has 1 N–H and O–H groups in total. The fraction of sp³-hybridized carbons (Fsp3) is 0.0833. The molecule has 0 aliphatic heterocycles. The molecule has 1 aromatic carbocycles. The van der Waals surface area contributed by atoms with E-state index >= 15 is 0 Å². The van der Waals surface area contributed by atoms with Crippen LogP contribution in [0.1, 0.15) is 5.69 Å². The molecule has 1 aromatic heterocycles. The number of hydrogen-bond acceptors (Lipinski definition) is 3. The fourth-order valence-corrected chi connectivity index (χ4v) is 1.87. The van der Waals surface area contributed by atoms with Gasteiger partial charge in [-0.1, -0.05) is 40.9 Å². The molecule has 2 aromatic rings. The van der Waals surface area contributed by atoms with Gasteiger partial charge in [-0.3, -0.25) is 0 Å². The van der Waals surface area contributed by atoms with E-state index in [9.17, 15) is 0 Å². The Balaban J connectivity index is 2.30. The van der Waals surface area contributed by atoms with Crippen LogP contribution in [0, 0.1) is 0 Å². The molecule has 0 amide bonds. The van der Waals surface area contributed by atoms with Crippen molar-refractivity contribution in [3.63, 3.8) is 0 Å². The van der Waals surface area contributed by atoms with Gasteiger partial charge in [-0.2, -0.15) is 0 Å². The first-order valence-electron chi connectivity index (χ1n) is 4.99. The summed E-state index contributed by atoms with van der Waals surface area (Å²) < 4.78 is 5.49. The lowest BCUT2D eigenvalue weighted by molar-refractivity contribution is 0.275. The van der Waals surface area contributed by atoms with E-state index in [1.165, 1.54) is 12.1 Å². The first kappa shape index (κ1) is 13.4. The summed E-state index contributed by atoms with van der Waals surface area (Å²) in [5.41, 5.74) is 0.503. The van der Waals surface area contributed by atoms with E-state index in [2.05, 4.69) is 4.98 Å². The molecule has 0 unspecified atom stereocenters. The third kappa shape index (κ3) is 3.06. The average molecular weight is 305 g/mol. The molecule has 0 aliphatic carbocycles. The van der Waals surface area contributed by atoms with Gasteiger partial charge in [0.05, 0.1) is 27.4 Å². The number of halogens is 3. The Morgan fingerprint density at radius 1 is 1.06 bits per heavy atom. The first-order chi connectivity index (χ1) is 8.60. The molecule has 0 aliphatic rings. The third-order valence-corrected chi connectivity index (χ3v) is 3.15. The molecule has 0 spiro atoms. The third-order valence-electron chi connectivity index (χ3n) is 2.13. The zero-order valence-corrected chi connectivity index (χ0v) is 11.3. The maximum atomic E-state index is 8.98. The van der Waals surface area contributed by atoms with Gasteiger partial charge in [0.25, 0.3) is 0 Å². The van der Waals surface area contributed by atoms with Crippen LogP contribution in [-0.2, 0) is 6.61 Å². The van der Waals surface area contributed by atoms with Gasteiger partial charge in [0.2, 0.25) is 5.88 Å². The highest BCUT2D eigenvalue weighted by atomic mass is 35.5. The Hall–Kier alpha value is -1.000. The van der Waals surface area contributed by atoms with Gasteiger partial charge in [-0.25, -0.2) is 4.98 Å². The average Bonchev–Trinajstić information content (AvgIpc) is 2.36. The van der Waals surface area contributed by atoms with Crippen LogP contribution >= 0.6 is 34.8 Å². The van der Waals surface area contributed by atoms with Gasteiger partial charge in [0.1, 0.15) is 5.75 Å². The van der Waals surface area contributed by atoms with Gasteiger partial charge >= 0.3 is 0 Å². The molecule has 0 bridgehead atoms. The largest absolute Gasteiger partial charge is 0.437 e. The van der Waals surface area contributed by atoms with E-state index in [-0.39, 0.29) is 6.61 Å². The molecule has 0 atom stereocenters. The number of hydrogen-bond donors (Lipinski definition) is 1. The van der Waals surface area contributed by atoms with Crippen LogP contribution in [0.25, 0.3) is 0 Å². The Bertz CT molecular complexity index is 575. The maximum Gasteiger partial charge on any atom is 0.219 e. The molecule has 0 radical (unpaired) electrons. The SMILES string of the molecule is OCc1cccc(Oc2cc(Cl)c(Cl)cc2Cl)n1. The molecule has 6 heteroatoms. The van der Waals surface area contributed by atoms with Gasteiger partial charge < -0.3 is 9.84 Å². The summed E-state index contributed by atoms with van der Waals surface area (Å²) in [5, 5.41) is 10.0. The summed E-state index contributed by atoms with van der Waals surface area (Å²) in [6.45, 7) is -0.160. The van der Waals surface area contributed by atoms with E-state index < -0.39 is 0 Å². The van der Waals surface area contributed by atoms with Crippen molar-refractivity contribution in [3.8, 4) is 11.6 Å². The van der Waals surface area contributed by atoms with Crippen LogP contribution in [0.2, 0.25) is 15.1 Å². The van der Waals surface area contributed by atoms with Crippen LogP contribution in [0.3, 0.4) is 0 Å². The zero-order valence-electron chi connectivity index (χ0n) is 9.03. The summed E-state index contributed by atoms with van der Waals surface area (Å²) in [4.78, 5) is 4.07. The molecule has 1 heterocycles. The van der Waals surface area contributed by atoms with Crippen molar-refractivity contribution in [3.05, 3.63) is 51.1 Å². The fourth-order valence-electron chi connectivity index (χ4n) is 1.30. The van der Waals surface area contributed by atoms with Crippen LogP contribution in [0.15, 0.2) is 30.3 Å².